The van der Waals surface area contributed by atoms with Gasteiger partial charge in [-0.25, -0.2) is 22.0 Å². The van der Waals surface area contributed by atoms with Crippen LogP contribution in [-0.2, 0) is 19.9 Å². The molecule has 0 unspecified atom stereocenters. The van der Waals surface area contributed by atoms with Crippen molar-refractivity contribution in [2.45, 2.75) is 20.9 Å². The Morgan fingerprint density at radius 3 is 2.10 bits per heavy atom. The van der Waals surface area contributed by atoms with Gasteiger partial charge in [0.25, 0.3) is 0 Å². The van der Waals surface area contributed by atoms with E-state index < -0.39 is 19.9 Å². The van der Waals surface area contributed by atoms with Crippen LogP contribution in [0, 0.1) is 6.92 Å². The Kier molecular flexibility index (Phi) is 3.96. The molecule has 9 heteroatoms. The molecule has 0 saturated carbocycles. The zero-order chi connectivity index (χ0) is 15.1. The number of sulfonamides is 1. The number of sulfone groups is 1. The zero-order valence-electron chi connectivity index (χ0n) is 10.2. The molecule has 108 valence electrons. The van der Waals surface area contributed by atoms with E-state index in [4.69, 9.17) is 16.7 Å². The maximum atomic E-state index is 12.4. The predicted molar refractivity (Wildman–Crippen MR) is 77.3 cm³/mol. The molecule has 1 heterocycles. The first-order chi connectivity index (χ1) is 9.14. The minimum absolute atomic E-state index is 0.0452. The quantitative estimate of drug-likeness (QED) is 0.916. The minimum atomic E-state index is -3.93. The van der Waals surface area contributed by atoms with E-state index in [0.717, 1.165) is 11.3 Å². The summed E-state index contributed by atoms with van der Waals surface area (Å²) in [5.74, 6) is 0. The standard InChI is InChI=1S/C11H10ClNO4S3/c1-7-10(6-18-11(7)20(13,16)17)19(14,15)9-4-2-8(12)3-5-9/h2-6H,1H3,(H2,13,16,17). The summed E-state index contributed by atoms with van der Waals surface area (Å²) in [5, 5.41) is 6.73. The SMILES string of the molecule is Cc1c(S(=O)(=O)c2ccc(Cl)cc2)csc1S(N)(=O)=O. The van der Waals surface area contributed by atoms with Crippen LogP contribution in [0.5, 0.6) is 0 Å². The molecular formula is C11H10ClNO4S3. The third kappa shape index (κ3) is 2.75. The monoisotopic (exact) mass is 351 g/mol. The maximum Gasteiger partial charge on any atom is 0.247 e. The van der Waals surface area contributed by atoms with Crippen LogP contribution < -0.4 is 5.14 Å². The third-order valence-corrected chi connectivity index (χ3v) is 7.60. The lowest BCUT2D eigenvalue weighted by atomic mass is 10.4. The summed E-state index contributed by atoms with van der Waals surface area (Å²) >= 11 is 6.50. The molecule has 0 aliphatic rings. The number of hydrogen-bond donors (Lipinski definition) is 1. The lowest BCUT2D eigenvalue weighted by Crippen LogP contribution is -2.12. The summed E-state index contributed by atoms with van der Waals surface area (Å²) in [6, 6.07) is 5.64. The number of primary sulfonamides is 1. The van der Waals surface area contributed by atoms with Gasteiger partial charge in [0.2, 0.25) is 19.9 Å². The van der Waals surface area contributed by atoms with E-state index >= 15 is 0 Å². The second-order valence-corrected chi connectivity index (χ2v) is 9.01. The highest BCUT2D eigenvalue weighted by Crippen LogP contribution is 2.32. The van der Waals surface area contributed by atoms with Crippen LogP contribution in [0.4, 0.5) is 0 Å². The van der Waals surface area contributed by atoms with Gasteiger partial charge in [0.15, 0.2) is 0 Å². The molecule has 2 rings (SSSR count). The van der Waals surface area contributed by atoms with E-state index in [0.29, 0.717) is 5.02 Å². The summed E-state index contributed by atoms with van der Waals surface area (Å²) in [4.78, 5) is -0.0161. The van der Waals surface area contributed by atoms with Gasteiger partial charge in [-0.15, -0.1) is 11.3 Å². The number of nitrogens with two attached hydrogens (primary N) is 1. The summed E-state index contributed by atoms with van der Waals surface area (Å²) in [5.41, 5.74) is 0.132. The van der Waals surface area contributed by atoms with E-state index in [9.17, 15) is 16.8 Å². The summed E-state index contributed by atoms with van der Waals surface area (Å²) in [7, 11) is -7.72. The van der Waals surface area contributed by atoms with Crippen LogP contribution >= 0.6 is 22.9 Å². The van der Waals surface area contributed by atoms with Crippen LogP contribution in [0.25, 0.3) is 0 Å². The van der Waals surface area contributed by atoms with E-state index in [1.807, 2.05) is 0 Å². The maximum absolute atomic E-state index is 12.4. The highest BCUT2D eigenvalue weighted by molar-refractivity contribution is 7.92. The highest BCUT2D eigenvalue weighted by atomic mass is 35.5. The number of rotatable bonds is 3. The van der Waals surface area contributed by atoms with E-state index in [1.54, 1.807) is 0 Å². The Bertz CT molecular complexity index is 852. The number of benzene rings is 1. The van der Waals surface area contributed by atoms with Gasteiger partial charge in [-0.1, -0.05) is 11.6 Å². The normalized spacial score (nSPS) is 12.6. The first kappa shape index (κ1) is 15.5. The lowest BCUT2D eigenvalue weighted by Gasteiger charge is -2.04. The molecule has 0 spiro atoms. The molecule has 0 bridgehead atoms. The molecule has 5 nitrogen and oxygen atoms in total. The Hall–Kier alpha value is -0.930. The molecule has 0 aliphatic carbocycles. The first-order valence-corrected chi connectivity index (χ1v) is 9.54. The van der Waals surface area contributed by atoms with Crippen LogP contribution in [0.2, 0.25) is 5.02 Å². The number of hydrogen-bond acceptors (Lipinski definition) is 5. The van der Waals surface area contributed by atoms with Crippen molar-refractivity contribution in [3.05, 3.63) is 40.2 Å². The summed E-state index contributed by atoms with van der Waals surface area (Å²) in [6.45, 7) is 1.42. The Morgan fingerprint density at radius 1 is 1.10 bits per heavy atom. The van der Waals surface area contributed by atoms with Gasteiger partial charge in [-0.3, -0.25) is 0 Å². The summed E-state index contributed by atoms with van der Waals surface area (Å²) < 4.78 is 47.4. The van der Waals surface area contributed by atoms with Gasteiger partial charge in [-0.2, -0.15) is 0 Å². The molecule has 2 aromatic rings. The van der Waals surface area contributed by atoms with Crippen molar-refractivity contribution in [2.24, 2.45) is 5.14 Å². The second kappa shape index (κ2) is 5.12. The fourth-order valence-electron chi connectivity index (χ4n) is 1.67. The van der Waals surface area contributed by atoms with Crippen molar-refractivity contribution in [1.82, 2.24) is 0 Å². The van der Waals surface area contributed by atoms with Gasteiger partial charge in [-0.05, 0) is 36.8 Å². The molecular weight excluding hydrogens is 342 g/mol. The topological polar surface area (TPSA) is 94.3 Å². The van der Waals surface area contributed by atoms with Gasteiger partial charge in [0, 0.05) is 10.4 Å². The molecule has 2 N–H and O–H groups in total. The molecule has 0 fully saturated rings. The smallest absolute Gasteiger partial charge is 0.224 e. The van der Waals surface area contributed by atoms with Crippen LogP contribution in [0.15, 0.2) is 43.6 Å². The Morgan fingerprint density at radius 2 is 1.65 bits per heavy atom. The average Bonchev–Trinajstić information content (AvgIpc) is 2.72. The van der Waals surface area contributed by atoms with Gasteiger partial charge in [0.05, 0.1) is 9.79 Å². The molecule has 1 aromatic carbocycles. The molecule has 0 amide bonds. The highest BCUT2D eigenvalue weighted by Gasteiger charge is 2.26. The molecule has 0 radical (unpaired) electrons. The first-order valence-electron chi connectivity index (χ1n) is 5.25. The number of halogens is 1. The summed E-state index contributed by atoms with van der Waals surface area (Å²) in [6.07, 6.45) is 0. The fourth-order valence-corrected chi connectivity index (χ4v) is 5.73. The molecule has 20 heavy (non-hydrogen) atoms. The van der Waals surface area contributed by atoms with E-state index in [2.05, 4.69) is 0 Å². The van der Waals surface area contributed by atoms with Gasteiger partial charge < -0.3 is 0 Å². The van der Waals surface area contributed by atoms with Crippen molar-refractivity contribution in [2.75, 3.05) is 0 Å². The van der Waals surface area contributed by atoms with Crippen molar-refractivity contribution >= 4 is 42.8 Å². The molecule has 1 aromatic heterocycles. The molecule has 0 saturated heterocycles. The van der Waals surface area contributed by atoms with Crippen LogP contribution in [0.3, 0.4) is 0 Å². The second-order valence-electron chi connectivity index (χ2n) is 4.01. The van der Waals surface area contributed by atoms with Crippen molar-refractivity contribution in [3.63, 3.8) is 0 Å². The average molecular weight is 352 g/mol. The zero-order valence-corrected chi connectivity index (χ0v) is 13.4. The van der Waals surface area contributed by atoms with Crippen LogP contribution in [-0.4, -0.2) is 16.8 Å². The van der Waals surface area contributed by atoms with Crippen molar-refractivity contribution in [3.8, 4) is 0 Å². The predicted octanol–water partition coefficient (Wildman–Crippen LogP) is 2.19. The minimum Gasteiger partial charge on any atom is -0.224 e. The van der Waals surface area contributed by atoms with E-state index in [-0.39, 0.29) is 19.6 Å². The Balaban J connectivity index is 2.62. The lowest BCUT2D eigenvalue weighted by molar-refractivity contribution is 0.595. The van der Waals surface area contributed by atoms with Crippen molar-refractivity contribution in [1.29, 1.82) is 0 Å². The number of thiophene rings is 1. The fraction of sp³-hybridized carbons (Fsp3) is 0.0909. The molecule has 0 atom stereocenters. The van der Waals surface area contributed by atoms with Crippen LogP contribution in [0.1, 0.15) is 5.56 Å². The Labute approximate surface area is 126 Å². The van der Waals surface area contributed by atoms with Crippen molar-refractivity contribution < 1.29 is 16.8 Å². The third-order valence-electron chi connectivity index (χ3n) is 2.62. The molecule has 0 aliphatic heterocycles. The van der Waals surface area contributed by atoms with Gasteiger partial charge in [0.1, 0.15) is 4.21 Å². The van der Waals surface area contributed by atoms with E-state index in [1.165, 1.54) is 36.6 Å². The van der Waals surface area contributed by atoms with Gasteiger partial charge >= 0.3 is 0 Å². The largest absolute Gasteiger partial charge is 0.247 e.